The number of aromatic nitrogens is 4. The molecule has 2 heterocycles. The van der Waals surface area contributed by atoms with Crippen LogP contribution in [0.5, 0.6) is 0 Å². The van der Waals surface area contributed by atoms with Gasteiger partial charge in [-0.3, -0.25) is 9.36 Å². The highest BCUT2D eigenvalue weighted by Crippen LogP contribution is 2.28. The van der Waals surface area contributed by atoms with Gasteiger partial charge in [0, 0.05) is 34.5 Å². The van der Waals surface area contributed by atoms with Crippen molar-refractivity contribution in [1.29, 1.82) is 0 Å². The van der Waals surface area contributed by atoms with E-state index in [0.29, 0.717) is 10.6 Å². The van der Waals surface area contributed by atoms with Gasteiger partial charge in [-0.2, -0.15) is 0 Å². The summed E-state index contributed by atoms with van der Waals surface area (Å²) in [5.74, 6) is -0.261. The number of benzene rings is 2. The molecular weight excluding hydrogens is 374 g/mol. The molecule has 0 saturated carbocycles. The van der Waals surface area contributed by atoms with Crippen molar-refractivity contribution in [2.45, 2.75) is 27.3 Å². The molecule has 6 nitrogen and oxygen atoms in total. The Balaban J connectivity index is 1.67. The lowest BCUT2D eigenvalue weighted by Gasteiger charge is -2.10. The summed E-state index contributed by atoms with van der Waals surface area (Å²) in [7, 11) is 0. The van der Waals surface area contributed by atoms with Crippen LogP contribution < -0.4 is 5.32 Å². The minimum atomic E-state index is -0.261. The van der Waals surface area contributed by atoms with Crippen LogP contribution in [0.1, 0.15) is 28.5 Å². The number of hydrogen-bond acceptors (Lipinski definition) is 3. The molecule has 1 amide bonds. The Bertz CT molecular complexity index is 1180. The third-order valence-electron chi connectivity index (χ3n) is 5.12. The number of carbonyl (C=O) groups is 1. The van der Waals surface area contributed by atoms with E-state index >= 15 is 0 Å². The molecule has 4 aromatic rings. The SMILES string of the molecule is CCn1c(C)c(C)c2cc(NC(=O)c3cc(-n4cnnc4)ccc3Cl)ccc21. The molecule has 0 spiro atoms. The zero-order valence-electron chi connectivity index (χ0n) is 15.9. The maximum Gasteiger partial charge on any atom is 0.257 e. The summed E-state index contributed by atoms with van der Waals surface area (Å²) >= 11 is 6.28. The molecule has 0 bridgehead atoms. The van der Waals surface area contributed by atoms with E-state index in [2.05, 4.69) is 40.9 Å². The lowest BCUT2D eigenvalue weighted by atomic mass is 10.1. The van der Waals surface area contributed by atoms with E-state index in [4.69, 9.17) is 11.6 Å². The van der Waals surface area contributed by atoms with E-state index in [-0.39, 0.29) is 5.91 Å². The second kappa shape index (κ2) is 7.13. The Morgan fingerprint density at radius 1 is 1.11 bits per heavy atom. The average Bonchev–Trinajstić information content (AvgIpc) is 3.30. The van der Waals surface area contributed by atoms with Gasteiger partial charge in [0.25, 0.3) is 5.91 Å². The summed E-state index contributed by atoms with van der Waals surface area (Å²) in [4.78, 5) is 12.9. The van der Waals surface area contributed by atoms with Crippen LogP contribution in [0.4, 0.5) is 5.69 Å². The molecule has 0 unspecified atom stereocenters. The maximum atomic E-state index is 12.9. The first-order valence-electron chi connectivity index (χ1n) is 9.05. The van der Waals surface area contributed by atoms with Crippen LogP contribution in [0.2, 0.25) is 5.02 Å². The van der Waals surface area contributed by atoms with Gasteiger partial charge in [0.15, 0.2) is 0 Å². The molecule has 0 fully saturated rings. The number of amides is 1. The molecule has 0 aliphatic carbocycles. The van der Waals surface area contributed by atoms with Crippen LogP contribution in [-0.2, 0) is 6.54 Å². The second-order valence-corrected chi connectivity index (χ2v) is 7.08. The van der Waals surface area contributed by atoms with Gasteiger partial charge in [0.2, 0.25) is 0 Å². The van der Waals surface area contributed by atoms with E-state index in [1.165, 1.54) is 16.8 Å². The fraction of sp³-hybridized carbons (Fsp3) is 0.190. The standard InChI is InChI=1S/C21H20ClN5O/c1-4-27-14(3)13(2)17-9-15(5-8-20(17)27)25-21(28)18-10-16(6-7-19(18)22)26-11-23-24-12-26/h5-12H,4H2,1-3H3,(H,25,28). The smallest absolute Gasteiger partial charge is 0.257 e. The lowest BCUT2D eigenvalue weighted by molar-refractivity contribution is 0.102. The first-order valence-corrected chi connectivity index (χ1v) is 9.42. The Labute approximate surface area is 167 Å². The normalized spacial score (nSPS) is 11.1. The zero-order valence-corrected chi connectivity index (χ0v) is 16.7. The Hall–Kier alpha value is -3.12. The topological polar surface area (TPSA) is 64.7 Å². The number of aryl methyl sites for hydroxylation is 2. The largest absolute Gasteiger partial charge is 0.345 e. The molecule has 4 rings (SSSR count). The number of hydrogen-bond donors (Lipinski definition) is 1. The molecule has 2 aromatic heterocycles. The minimum absolute atomic E-state index is 0.261. The number of anilines is 1. The first-order chi connectivity index (χ1) is 13.5. The molecule has 0 aliphatic rings. The van der Waals surface area contributed by atoms with E-state index in [9.17, 15) is 4.79 Å². The predicted molar refractivity (Wildman–Crippen MR) is 111 cm³/mol. The summed E-state index contributed by atoms with van der Waals surface area (Å²) in [6.07, 6.45) is 3.14. The van der Waals surface area contributed by atoms with Crippen molar-refractivity contribution < 1.29 is 4.79 Å². The van der Waals surface area contributed by atoms with Gasteiger partial charge in [-0.05, 0) is 62.7 Å². The Morgan fingerprint density at radius 3 is 2.57 bits per heavy atom. The molecule has 28 heavy (non-hydrogen) atoms. The average molecular weight is 394 g/mol. The van der Waals surface area contributed by atoms with Crippen LogP contribution in [0.3, 0.4) is 0 Å². The monoisotopic (exact) mass is 393 g/mol. The van der Waals surface area contributed by atoms with E-state index in [0.717, 1.165) is 23.3 Å². The third kappa shape index (κ3) is 3.05. The lowest BCUT2D eigenvalue weighted by Crippen LogP contribution is -2.13. The molecule has 0 radical (unpaired) electrons. The minimum Gasteiger partial charge on any atom is -0.345 e. The summed E-state index contributed by atoms with van der Waals surface area (Å²) in [5, 5.41) is 12.1. The molecule has 1 N–H and O–H groups in total. The third-order valence-corrected chi connectivity index (χ3v) is 5.45. The molecule has 0 aliphatic heterocycles. The molecule has 0 saturated heterocycles. The molecule has 0 atom stereocenters. The zero-order chi connectivity index (χ0) is 19.8. The fourth-order valence-corrected chi connectivity index (χ4v) is 3.72. The quantitative estimate of drug-likeness (QED) is 0.543. The summed E-state index contributed by atoms with van der Waals surface area (Å²) in [5.41, 5.74) is 5.53. The van der Waals surface area contributed by atoms with Crippen molar-refractivity contribution in [2.24, 2.45) is 0 Å². The highest BCUT2D eigenvalue weighted by molar-refractivity contribution is 6.34. The molecule has 7 heteroatoms. The first kappa shape index (κ1) is 18.3. The van der Waals surface area contributed by atoms with E-state index < -0.39 is 0 Å². The number of fused-ring (bicyclic) bond motifs is 1. The van der Waals surface area contributed by atoms with E-state index in [1.54, 1.807) is 29.4 Å². The Kier molecular flexibility index (Phi) is 4.65. The van der Waals surface area contributed by atoms with Gasteiger partial charge >= 0.3 is 0 Å². The van der Waals surface area contributed by atoms with Crippen LogP contribution >= 0.6 is 11.6 Å². The highest BCUT2D eigenvalue weighted by Gasteiger charge is 2.15. The summed E-state index contributed by atoms with van der Waals surface area (Å²) in [6.45, 7) is 7.27. The fourth-order valence-electron chi connectivity index (χ4n) is 3.52. The van der Waals surface area contributed by atoms with E-state index in [1.807, 2.05) is 24.3 Å². The van der Waals surface area contributed by atoms with Crippen molar-refractivity contribution in [2.75, 3.05) is 5.32 Å². The van der Waals surface area contributed by atoms with Gasteiger partial charge in [0.1, 0.15) is 12.7 Å². The van der Waals surface area contributed by atoms with Gasteiger partial charge in [-0.15, -0.1) is 10.2 Å². The highest BCUT2D eigenvalue weighted by atomic mass is 35.5. The van der Waals surface area contributed by atoms with Crippen LogP contribution in [-0.4, -0.2) is 25.2 Å². The van der Waals surface area contributed by atoms with Crippen molar-refractivity contribution >= 4 is 34.1 Å². The number of nitrogens with one attached hydrogen (secondary N) is 1. The van der Waals surface area contributed by atoms with Gasteiger partial charge < -0.3 is 9.88 Å². The van der Waals surface area contributed by atoms with Gasteiger partial charge in [-0.25, -0.2) is 0 Å². The number of carbonyl (C=O) groups excluding carboxylic acids is 1. The van der Waals surface area contributed by atoms with Gasteiger partial charge in [0.05, 0.1) is 10.6 Å². The summed E-state index contributed by atoms with van der Waals surface area (Å²) in [6, 6.07) is 11.2. The van der Waals surface area contributed by atoms with Crippen LogP contribution in [0, 0.1) is 13.8 Å². The van der Waals surface area contributed by atoms with Crippen molar-refractivity contribution in [3.63, 3.8) is 0 Å². The van der Waals surface area contributed by atoms with Crippen LogP contribution in [0.15, 0.2) is 49.1 Å². The van der Waals surface area contributed by atoms with Crippen molar-refractivity contribution in [1.82, 2.24) is 19.3 Å². The second-order valence-electron chi connectivity index (χ2n) is 6.67. The number of nitrogens with zero attached hydrogens (tertiary/aromatic N) is 4. The number of halogens is 1. The number of rotatable bonds is 4. The predicted octanol–water partition coefficient (Wildman–Crippen LogP) is 4.76. The van der Waals surface area contributed by atoms with Crippen LogP contribution in [0.25, 0.3) is 16.6 Å². The van der Waals surface area contributed by atoms with Gasteiger partial charge in [-0.1, -0.05) is 11.6 Å². The summed E-state index contributed by atoms with van der Waals surface area (Å²) < 4.78 is 3.99. The van der Waals surface area contributed by atoms with Crippen molar-refractivity contribution in [3.8, 4) is 5.69 Å². The van der Waals surface area contributed by atoms with Crippen molar-refractivity contribution in [3.05, 3.63) is 70.9 Å². The molecule has 2 aromatic carbocycles. The molecule has 142 valence electrons. The Morgan fingerprint density at radius 2 is 1.86 bits per heavy atom. The molecular formula is C21H20ClN5O. The maximum absolute atomic E-state index is 12.9.